The number of hydrogen-bond acceptors (Lipinski definition) is 4. The molecule has 0 saturated carbocycles. The molecule has 6 heteroatoms. The fraction of sp³-hybridized carbons (Fsp3) is 0.471. The molecular formula is C17H24N2O4. The van der Waals surface area contributed by atoms with Crippen molar-refractivity contribution in [1.82, 2.24) is 10.6 Å². The standard InChI is InChI=1S/C17H24N2O4/c1-4-23-16(21)8-7-15(20)18-9-10-19-17(22)14-6-5-12(2)13(3)11-14/h5-6,11H,4,7-10H2,1-3H3,(H,18,20)(H,19,22). The first-order valence-corrected chi connectivity index (χ1v) is 7.71. The van der Waals surface area contributed by atoms with Crippen LogP contribution >= 0.6 is 0 Å². The number of carbonyl (C=O) groups excluding carboxylic acids is 3. The number of carbonyl (C=O) groups is 3. The number of nitrogens with one attached hydrogen (secondary N) is 2. The van der Waals surface area contributed by atoms with E-state index in [1.165, 1.54) is 0 Å². The number of esters is 1. The van der Waals surface area contributed by atoms with Gasteiger partial charge in [0.25, 0.3) is 5.91 Å². The van der Waals surface area contributed by atoms with E-state index < -0.39 is 0 Å². The topological polar surface area (TPSA) is 84.5 Å². The Morgan fingerprint density at radius 3 is 2.35 bits per heavy atom. The van der Waals surface area contributed by atoms with Gasteiger partial charge in [-0.05, 0) is 44.0 Å². The van der Waals surface area contributed by atoms with Crippen LogP contribution < -0.4 is 10.6 Å². The summed E-state index contributed by atoms with van der Waals surface area (Å²) < 4.78 is 4.74. The van der Waals surface area contributed by atoms with E-state index in [-0.39, 0.29) is 30.6 Å². The maximum absolute atomic E-state index is 12.0. The lowest BCUT2D eigenvalue weighted by Gasteiger charge is -2.08. The minimum Gasteiger partial charge on any atom is -0.466 e. The summed E-state index contributed by atoms with van der Waals surface area (Å²) in [5.74, 6) is -0.793. The average molecular weight is 320 g/mol. The Kier molecular flexibility index (Phi) is 7.80. The van der Waals surface area contributed by atoms with Gasteiger partial charge >= 0.3 is 5.97 Å². The molecule has 126 valence electrons. The Balaban J connectivity index is 2.23. The summed E-state index contributed by atoms with van der Waals surface area (Å²) in [6.45, 7) is 6.62. The Morgan fingerprint density at radius 2 is 1.70 bits per heavy atom. The number of aryl methyl sites for hydroxylation is 2. The number of benzene rings is 1. The summed E-state index contributed by atoms with van der Waals surface area (Å²) in [5.41, 5.74) is 2.79. The molecule has 0 aliphatic heterocycles. The van der Waals surface area contributed by atoms with Crippen LogP contribution in [0, 0.1) is 13.8 Å². The summed E-state index contributed by atoms with van der Waals surface area (Å²) in [7, 11) is 0. The second kappa shape index (κ2) is 9.61. The SMILES string of the molecule is CCOC(=O)CCC(=O)NCCNC(=O)c1ccc(C)c(C)c1. The zero-order valence-electron chi connectivity index (χ0n) is 13.9. The average Bonchev–Trinajstić information content (AvgIpc) is 2.52. The van der Waals surface area contributed by atoms with Crippen LogP contribution in [0.4, 0.5) is 0 Å². The van der Waals surface area contributed by atoms with Crippen LogP contribution in [0.15, 0.2) is 18.2 Å². The highest BCUT2D eigenvalue weighted by atomic mass is 16.5. The van der Waals surface area contributed by atoms with Gasteiger partial charge in [-0.1, -0.05) is 6.07 Å². The molecule has 2 N–H and O–H groups in total. The van der Waals surface area contributed by atoms with Crippen molar-refractivity contribution >= 4 is 17.8 Å². The summed E-state index contributed by atoms with van der Waals surface area (Å²) in [6.07, 6.45) is 0.151. The number of ether oxygens (including phenoxy) is 1. The third kappa shape index (κ3) is 6.95. The lowest BCUT2D eigenvalue weighted by molar-refractivity contribution is -0.144. The van der Waals surface area contributed by atoms with Crippen LogP contribution in [0.25, 0.3) is 0 Å². The van der Waals surface area contributed by atoms with E-state index in [4.69, 9.17) is 4.74 Å². The van der Waals surface area contributed by atoms with Crippen molar-refractivity contribution < 1.29 is 19.1 Å². The molecule has 0 radical (unpaired) electrons. The van der Waals surface area contributed by atoms with Crippen molar-refractivity contribution in [3.05, 3.63) is 34.9 Å². The molecule has 0 saturated heterocycles. The fourth-order valence-electron chi connectivity index (χ4n) is 1.90. The molecule has 6 nitrogen and oxygen atoms in total. The zero-order chi connectivity index (χ0) is 17.2. The molecule has 0 atom stereocenters. The summed E-state index contributed by atoms with van der Waals surface area (Å²) in [6, 6.07) is 5.51. The monoisotopic (exact) mass is 320 g/mol. The van der Waals surface area contributed by atoms with Crippen molar-refractivity contribution in [2.45, 2.75) is 33.6 Å². The molecule has 0 aliphatic carbocycles. The summed E-state index contributed by atoms with van der Waals surface area (Å²) in [4.78, 5) is 34.6. The number of rotatable bonds is 8. The largest absolute Gasteiger partial charge is 0.466 e. The maximum Gasteiger partial charge on any atom is 0.306 e. The molecular weight excluding hydrogens is 296 g/mol. The number of amides is 2. The first-order chi connectivity index (χ1) is 10.9. The lowest BCUT2D eigenvalue weighted by Crippen LogP contribution is -2.34. The highest BCUT2D eigenvalue weighted by Gasteiger charge is 2.08. The van der Waals surface area contributed by atoms with E-state index in [0.717, 1.165) is 11.1 Å². The van der Waals surface area contributed by atoms with Gasteiger partial charge in [0.15, 0.2) is 0 Å². The molecule has 0 aromatic heterocycles. The minimum atomic E-state index is -0.384. The second-order valence-electron chi connectivity index (χ2n) is 5.21. The summed E-state index contributed by atoms with van der Waals surface area (Å²) in [5, 5.41) is 5.39. The smallest absolute Gasteiger partial charge is 0.306 e. The van der Waals surface area contributed by atoms with Gasteiger partial charge in [0.2, 0.25) is 5.91 Å². The molecule has 0 fully saturated rings. The third-order valence-corrected chi connectivity index (χ3v) is 3.36. The van der Waals surface area contributed by atoms with Crippen LogP contribution in [-0.4, -0.2) is 37.5 Å². The van der Waals surface area contributed by atoms with Gasteiger partial charge in [0.1, 0.15) is 0 Å². The Morgan fingerprint density at radius 1 is 1.00 bits per heavy atom. The van der Waals surface area contributed by atoms with Crippen LogP contribution in [0.5, 0.6) is 0 Å². The molecule has 1 aromatic rings. The Bertz CT molecular complexity index is 570. The second-order valence-corrected chi connectivity index (χ2v) is 5.21. The molecule has 0 unspecified atom stereocenters. The van der Waals surface area contributed by atoms with Gasteiger partial charge in [-0.15, -0.1) is 0 Å². The molecule has 1 aromatic carbocycles. The third-order valence-electron chi connectivity index (χ3n) is 3.36. The first-order valence-electron chi connectivity index (χ1n) is 7.71. The zero-order valence-corrected chi connectivity index (χ0v) is 13.9. The van der Waals surface area contributed by atoms with Gasteiger partial charge in [-0.2, -0.15) is 0 Å². The van der Waals surface area contributed by atoms with E-state index in [1.807, 2.05) is 26.0 Å². The lowest BCUT2D eigenvalue weighted by atomic mass is 10.1. The van der Waals surface area contributed by atoms with Gasteiger partial charge in [-0.25, -0.2) is 0 Å². The van der Waals surface area contributed by atoms with Gasteiger partial charge in [0.05, 0.1) is 13.0 Å². The van der Waals surface area contributed by atoms with Gasteiger partial charge < -0.3 is 15.4 Å². The predicted octanol–water partition coefficient (Wildman–Crippen LogP) is 1.49. The number of hydrogen-bond donors (Lipinski definition) is 2. The normalized spacial score (nSPS) is 10.0. The van der Waals surface area contributed by atoms with E-state index in [0.29, 0.717) is 25.3 Å². The van der Waals surface area contributed by atoms with Crippen LogP contribution in [0.3, 0.4) is 0 Å². The van der Waals surface area contributed by atoms with Gasteiger partial charge in [0, 0.05) is 25.1 Å². The predicted molar refractivity (Wildman–Crippen MR) is 87.1 cm³/mol. The highest BCUT2D eigenvalue weighted by molar-refractivity contribution is 5.94. The first kappa shape index (κ1) is 18.7. The van der Waals surface area contributed by atoms with Crippen molar-refractivity contribution in [2.24, 2.45) is 0 Å². The molecule has 23 heavy (non-hydrogen) atoms. The van der Waals surface area contributed by atoms with Crippen LogP contribution in [0.1, 0.15) is 41.3 Å². The van der Waals surface area contributed by atoms with Crippen LogP contribution in [-0.2, 0) is 14.3 Å². The molecule has 0 spiro atoms. The molecule has 0 heterocycles. The fourth-order valence-corrected chi connectivity index (χ4v) is 1.90. The van der Waals surface area contributed by atoms with Crippen molar-refractivity contribution in [3.63, 3.8) is 0 Å². The summed E-state index contributed by atoms with van der Waals surface area (Å²) >= 11 is 0. The van der Waals surface area contributed by atoms with E-state index in [2.05, 4.69) is 10.6 Å². The minimum absolute atomic E-state index is 0.0642. The van der Waals surface area contributed by atoms with E-state index >= 15 is 0 Å². The van der Waals surface area contributed by atoms with Crippen molar-refractivity contribution in [1.29, 1.82) is 0 Å². The Labute approximate surface area is 136 Å². The molecule has 0 aliphatic rings. The molecule has 1 rings (SSSR count). The van der Waals surface area contributed by atoms with Gasteiger partial charge in [-0.3, -0.25) is 14.4 Å². The highest BCUT2D eigenvalue weighted by Crippen LogP contribution is 2.09. The Hall–Kier alpha value is -2.37. The maximum atomic E-state index is 12.0. The van der Waals surface area contributed by atoms with Crippen molar-refractivity contribution in [3.8, 4) is 0 Å². The van der Waals surface area contributed by atoms with Crippen LogP contribution in [0.2, 0.25) is 0 Å². The van der Waals surface area contributed by atoms with Crippen molar-refractivity contribution in [2.75, 3.05) is 19.7 Å². The molecule has 0 bridgehead atoms. The molecule has 2 amide bonds. The van der Waals surface area contributed by atoms with E-state index in [9.17, 15) is 14.4 Å². The van der Waals surface area contributed by atoms with E-state index in [1.54, 1.807) is 13.0 Å². The quantitative estimate of drug-likeness (QED) is 0.561.